The second kappa shape index (κ2) is 9.22. The summed E-state index contributed by atoms with van der Waals surface area (Å²) in [6.45, 7) is 1.58. The van der Waals surface area contributed by atoms with Gasteiger partial charge < -0.3 is 14.8 Å². The van der Waals surface area contributed by atoms with Crippen LogP contribution in [0.15, 0.2) is 53.6 Å². The largest absolute Gasteiger partial charge is 0.497 e. The fourth-order valence-corrected chi connectivity index (χ4v) is 2.14. The topological polar surface area (TPSA) is 89.0 Å². The molecule has 2 N–H and O–H groups in total. The zero-order valence-electron chi connectivity index (χ0n) is 14.9. The number of benzene rings is 2. The van der Waals surface area contributed by atoms with E-state index in [4.69, 9.17) is 9.47 Å². The van der Waals surface area contributed by atoms with Crippen molar-refractivity contribution < 1.29 is 19.1 Å². The first kappa shape index (κ1) is 19.0. The van der Waals surface area contributed by atoms with Gasteiger partial charge >= 0.3 is 0 Å². The molecule has 0 aliphatic heterocycles. The lowest BCUT2D eigenvalue weighted by Gasteiger charge is -2.12. The number of methoxy groups -OCH3 is 2. The highest BCUT2D eigenvalue weighted by Gasteiger charge is 2.15. The summed E-state index contributed by atoms with van der Waals surface area (Å²) >= 11 is 0. The van der Waals surface area contributed by atoms with Crippen molar-refractivity contribution in [3.05, 3.63) is 59.7 Å². The van der Waals surface area contributed by atoms with Crippen molar-refractivity contribution in [2.75, 3.05) is 14.2 Å². The summed E-state index contributed by atoms with van der Waals surface area (Å²) in [6, 6.07) is 13.2. The zero-order chi connectivity index (χ0) is 18.9. The van der Waals surface area contributed by atoms with Gasteiger partial charge in [0.15, 0.2) is 0 Å². The molecule has 0 aromatic heterocycles. The lowest BCUT2D eigenvalue weighted by atomic mass is 10.2. The second-order valence-electron chi connectivity index (χ2n) is 5.40. The van der Waals surface area contributed by atoms with Crippen LogP contribution in [0.3, 0.4) is 0 Å². The van der Waals surface area contributed by atoms with Crippen LogP contribution in [0.5, 0.6) is 11.5 Å². The van der Waals surface area contributed by atoms with Crippen LogP contribution in [0, 0.1) is 0 Å². The number of hydrogen-bond donors (Lipinski definition) is 2. The highest BCUT2D eigenvalue weighted by Crippen LogP contribution is 2.22. The Balaban J connectivity index is 1.95. The molecular formula is C19H21N3O4. The van der Waals surface area contributed by atoms with E-state index in [0.29, 0.717) is 22.6 Å². The molecule has 0 aliphatic rings. The van der Waals surface area contributed by atoms with E-state index < -0.39 is 11.9 Å². The third kappa shape index (κ3) is 5.07. The van der Waals surface area contributed by atoms with E-state index in [-0.39, 0.29) is 5.91 Å². The quantitative estimate of drug-likeness (QED) is 0.587. The van der Waals surface area contributed by atoms with Crippen molar-refractivity contribution in [2.24, 2.45) is 5.10 Å². The molecule has 0 saturated heterocycles. The van der Waals surface area contributed by atoms with Crippen LogP contribution in [-0.2, 0) is 4.79 Å². The average molecular weight is 355 g/mol. The number of ether oxygens (including phenoxy) is 2. The number of amides is 2. The van der Waals surface area contributed by atoms with E-state index in [1.807, 2.05) is 6.07 Å². The number of hydrazone groups is 1. The molecule has 0 aliphatic carbocycles. The highest BCUT2D eigenvalue weighted by molar-refractivity contribution is 5.97. The molecule has 0 bridgehead atoms. The van der Waals surface area contributed by atoms with Crippen LogP contribution in [0.25, 0.3) is 0 Å². The van der Waals surface area contributed by atoms with Gasteiger partial charge in [0.25, 0.3) is 11.8 Å². The van der Waals surface area contributed by atoms with Crippen molar-refractivity contribution in [1.29, 1.82) is 0 Å². The monoisotopic (exact) mass is 355 g/mol. The SMILES string of the molecule is COc1ccc(OC)c(/C=N/NC(=O)C(C)NC(=O)c2ccccc2)c1. The molecule has 26 heavy (non-hydrogen) atoms. The molecule has 0 heterocycles. The predicted molar refractivity (Wildman–Crippen MR) is 98.7 cm³/mol. The fraction of sp³-hybridized carbons (Fsp3) is 0.211. The smallest absolute Gasteiger partial charge is 0.262 e. The molecule has 1 atom stereocenters. The molecular weight excluding hydrogens is 334 g/mol. The number of hydrogen-bond acceptors (Lipinski definition) is 5. The summed E-state index contributed by atoms with van der Waals surface area (Å²) in [4.78, 5) is 24.1. The maximum absolute atomic E-state index is 12.1. The molecule has 0 fully saturated rings. The van der Waals surface area contributed by atoms with Crippen molar-refractivity contribution in [3.8, 4) is 11.5 Å². The third-order valence-electron chi connectivity index (χ3n) is 3.59. The number of rotatable bonds is 7. The van der Waals surface area contributed by atoms with Crippen molar-refractivity contribution in [2.45, 2.75) is 13.0 Å². The number of carbonyl (C=O) groups excluding carboxylic acids is 2. The minimum absolute atomic E-state index is 0.327. The van der Waals surface area contributed by atoms with Crippen LogP contribution in [0.2, 0.25) is 0 Å². The average Bonchev–Trinajstić information content (AvgIpc) is 2.68. The molecule has 136 valence electrons. The van der Waals surface area contributed by atoms with Gasteiger partial charge in [0, 0.05) is 11.1 Å². The Hall–Kier alpha value is -3.35. The van der Waals surface area contributed by atoms with Gasteiger partial charge in [-0.2, -0.15) is 5.10 Å². The van der Waals surface area contributed by atoms with Crippen LogP contribution in [0.4, 0.5) is 0 Å². The van der Waals surface area contributed by atoms with E-state index in [1.165, 1.54) is 6.21 Å². The van der Waals surface area contributed by atoms with Gasteiger partial charge in [-0.05, 0) is 37.3 Å². The summed E-state index contributed by atoms with van der Waals surface area (Å²) in [5, 5.41) is 6.53. The summed E-state index contributed by atoms with van der Waals surface area (Å²) in [5.41, 5.74) is 3.53. The second-order valence-corrected chi connectivity index (χ2v) is 5.40. The Morgan fingerprint density at radius 3 is 2.46 bits per heavy atom. The van der Waals surface area contributed by atoms with Gasteiger partial charge in [0.1, 0.15) is 17.5 Å². The van der Waals surface area contributed by atoms with Crippen LogP contribution in [-0.4, -0.2) is 38.3 Å². The van der Waals surface area contributed by atoms with Crippen LogP contribution in [0.1, 0.15) is 22.8 Å². The molecule has 0 radical (unpaired) electrons. The third-order valence-corrected chi connectivity index (χ3v) is 3.59. The minimum Gasteiger partial charge on any atom is -0.497 e. The van der Waals surface area contributed by atoms with E-state index in [9.17, 15) is 9.59 Å². The molecule has 2 rings (SSSR count). The molecule has 7 heteroatoms. The Kier molecular flexibility index (Phi) is 6.73. The zero-order valence-corrected chi connectivity index (χ0v) is 14.9. The van der Waals surface area contributed by atoms with Crippen LogP contribution < -0.4 is 20.2 Å². The maximum Gasteiger partial charge on any atom is 0.262 e. The number of carbonyl (C=O) groups is 2. The summed E-state index contributed by atoms with van der Waals surface area (Å²) in [6.07, 6.45) is 1.45. The lowest BCUT2D eigenvalue weighted by Crippen LogP contribution is -2.43. The maximum atomic E-state index is 12.1. The Morgan fingerprint density at radius 1 is 1.08 bits per heavy atom. The summed E-state index contributed by atoms with van der Waals surface area (Å²) in [5.74, 6) is 0.468. The molecule has 0 saturated carbocycles. The standard InChI is InChI=1S/C19H21N3O4/c1-13(21-19(24)14-7-5-4-6-8-14)18(23)22-20-12-15-11-16(25-2)9-10-17(15)26-3/h4-13H,1-3H3,(H,21,24)(H,22,23)/b20-12+. The van der Waals surface area contributed by atoms with Crippen molar-refractivity contribution in [1.82, 2.24) is 10.7 Å². The van der Waals surface area contributed by atoms with Gasteiger partial charge in [-0.15, -0.1) is 0 Å². The first-order chi connectivity index (χ1) is 12.5. The lowest BCUT2D eigenvalue weighted by molar-refractivity contribution is -0.122. The number of nitrogens with zero attached hydrogens (tertiary/aromatic N) is 1. The van der Waals surface area contributed by atoms with Gasteiger partial charge in [0.2, 0.25) is 0 Å². The van der Waals surface area contributed by atoms with E-state index >= 15 is 0 Å². The van der Waals surface area contributed by atoms with E-state index in [2.05, 4.69) is 15.8 Å². The molecule has 2 amide bonds. The van der Waals surface area contributed by atoms with Crippen LogP contribution >= 0.6 is 0 Å². The molecule has 7 nitrogen and oxygen atoms in total. The molecule has 1 unspecified atom stereocenters. The minimum atomic E-state index is -0.743. The molecule has 2 aromatic rings. The van der Waals surface area contributed by atoms with Crippen molar-refractivity contribution in [3.63, 3.8) is 0 Å². The Morgan fingerprint density at radius 2 is 1.81 bits per heavy atom. The first-order valence-electron chi connectivity index (χ1n) is 7.96. The van der Waals surface area contributed by atoms with Gasteiger partial charge in [-0.3, -0.25) is 9.59 Å². The Labute approximate surface area is 152 Å². The Bertz CT molecular complexity index is 791. The van der Waals surface area contributed by atoms with Gasteiger partial charge in [0.05, 0.1) is 20.4 Å². The predicted octanol–water partition coefficient (Wildman–Crippen LogP) is 1.97. The summed E-state index contributed by atoms with van der Waals surface area (Å²) < 4.78 is 10.4. The molecule has 2 aromatic carbocycles. The van der Waals surface area contributed by atoms with Gasteiger partial charge in [-0.25, -0.2) is 5.43 Å². The summed E-state index contributed by atoms with van der Waals surface area (Å²) in [7, 11) is 3.10. The first-order valence-corrected chi connectivity index (χ1v) is 7.96. The van der Waals surface area contributed by atoms with Crippen molar-refractivity contribution >= 4 is 18.0 Å². The van der Waals surface area contributed by atoms with E-state index in [0.717, 1.165) is 0 Å². The number of nitrogens with one attached hydrogen (secondary N) is 2. The highest BCUT2D eigenvalue weighted by atomic mass is 16.5. The molecule has 0 spiro atoms. The normalized spacial score (nSPS) is 11.7. The van der Waals surface area contributed by atoms with E-state index in [1.54, 1.807) is 63.6 Å². The fourth-order valence-electron chi connectivity index (χ4n) is 2.14. The van der Waals surface area contributed by atoms with Gasteiger partial charge in [-0.1, -0.05) is 18.2 Å².